The molecule has 8 heteroatoms. The first kappa shape index (κ1) is 17.9. The van der Waals surface area contributed by atoms with E-state index in [0.717, 1.165) is 12.1 Å². The number of carbonyl (C=O) groups is 2. The molecule has 0 radical (unpaired) electrons. The van der Waals surface area contributed by atoms with Crippen LogP contribution in [0.5, 0.6) is 0 Å². The van der Waals surface area contributed by atoms with Gasteiger partial charge in [-0.05, 0) is 25.1 Å². The fraction of sp³-hybridized carbons (Fsp3) is 0.176. The van der Waals surface area contributed by atoms with Gasteiger partial charge in [0.15, 0.2) is 6.10 Å². The number of hydrogen-bond donors (Lipinski definition) is 1. The average molecular weight is 343 g/mol. The first-order valence-electron chi connectivity index (χ1n) is 7.38. The van der Waals surface area contributed by atoms with Gasteiger partial charge >= 0.3 is 5.97 Å². The maximum atomic E-state index is 12.4. The van der Waals surface area contributed by atoms with Crippen LogP contribution in [0.1, 0.15) is 17.3 Å². The van der Waals surface area contributed by atoms with Crippen LogP contribution in [-0.4, -0.2) is 30.0 Å². The second kappa shape index (κ2) is 7.43. The third-order valence-electron chi connectivity index (χ3n) is 3.57. The second-order valence-electron chi connectivity index (χ2n) is 5.31. The molecule has 0 saturated carbocycles. The van der Waals surface area contributed by atoms with Crippen LogP contribution in [0.2, 0.25) is 0 Å². The fourth-order valence-corrected chi connectivity index (χ4v) is 2.18. The summed E-state index contributed by atoms with van der Waals surface area (Å²) in [6.07, 6.45) is -1.05. The van der Waals surface area contributed by atoms with Crippen molar-refractivity contribution in [3.63, 3.8) is 0 Å². The molecule has 0 aromatic heterocycles. The molecule has 0 spiro atoms. The number of benzene rings is 2. The molecule has 0 aliphatic heterocycles. The van der Waals surface area contributed by atoms with E-state index in [1.54, 1.807) is 31.3 Å². The van der Waals surface area contributed by atoms with Crippen LogP contribution in [0, 0.1) is 10.1 Å². The van der Waals surface area contributed by atoms with Crippen LogP contribution >= 0.6 is 0 Å². The number of likely N-dealkylation sites (N-methyl/N-ethyl adjacent to an activating group) is 1. The number of rotatable bonds is 5. The lowest BCUT2D eigenvalue weighted by molar-refractivity contribution is -0.384. The van der Waals surface area contributed by atoms with Gasteiger partial charge in [-0.15, -0.1) is 0 Å². The summed E-state index contributed by atoms with van der Waals surface area (Å²) >= 11 is 0. The van der Waals surface area contributed by atoms with E-state index in [-0.39, 0.29) is 16.9 Å². The Kier molecular flexibility index (Phi) is 5.33. The molecule has 0 heterocycles. The van der Waals surface area contributed by atoms with Gasteiger partial charge in [-0.25, -0.2) is 4.79 Å². The molecule has 8 nitrogen and oxygen atoms in total. The number of ether oxygens (including phenoxy) is 1. The molecule has 130 valence electrons. The van der Waals surface area contributed by atoms with E-state index in [0.29, 0.717) is 5.69 Å². The normalized spacial score (nSPS) is 11.4. The summed E-state index contributed by atoms with van der Waals surface area (Å²) in [6, 6.07) is 12.3. The Labute approximate surface area is 144 Å². The van der Waals surface area contributed by atoms with Crippen LogP contribution in [0.4, 0.5) is 17.1 Å². The van der Waals surface area contributed by atoms with E-state index < -0.39 is 22.9 Å². The minimum atomic E-state index is -1.05. The minimum absolute atomic E-state index is 0.0346. The molecular formula is C17H17N3O5. The predicted octanol–water partition coefficient (Wildman–Crippen LogP) is 2.39. The molecule has 2 N–H and O–H groups in total. The van der Waals surface area contributed by atoms with Crippen molar-refractivity contribution >= 4 is 28.9 Å². The Balaban J connectivity index is 2.09. The molecule has 2 rings (SSSR count). The number of amides is 1. The number of nitro groups is 1. The Morgan fingerprint density at radius 2 is 1.84 bits per heavy atom. The van der Waals surface area contributed by atoms with Gasteiger partial charge < -0.3 is 15.4 Å². The molecule has 0 aliphatic carbocycles. The zero-order chi connectivity index (χ0) is 18.6. The van der Waals surface area contributed by atoms with E-state index in [4.69, 9.17) is 10.5 Å². The van der Waals surface area contributed by atoms with Crippen molar-refractivity contribution < 1.29 is 19.2 Å². The second-order valence-corrected chi connectivity index (χ2v) is 5.31. The van der Waals surface area contributed by atoms with Crippen molar-refractivity contribution in [1.29, 1.82) is 0 Å². The third-order valence-corrected chi connectivity index (χ3v) is 3.57. The highest BCUT2D eigenvalue weighted by atomic mass is 16.6. The number of nitrogen functional groups attached to an aromatic ring is 1. The molecule has 25 heavy (non-hydrogen) atoms. The zero-order valence-corrected chi connectivity index (χ0v) is 13.7. The number of hydrogen-bond acceptors (Lipinski definition) is 6. The van der Waals surface area contributed by atoms with Crippen molar-refractivity contribution in [3.8, 4) is 0 Å². The summed E-state index contributed by atoms with van der Waals surface area (Å²) in [6.45, 7) is 1.45. The maximum Gasteiger partial charge on any atom is 0.341 e. The molecule has 2 aromatic carbocycles. The smallest absolute Gasteiger partial charge is 0.341 e. The lowest BCUT2D eigenvalue weighted by Gasteiger charge is -2.21. The van der Waals surface area contributed by atoms with E-state index >= 15 is 0 Å². The molecule has 1 unspecified atom stereocenters. The van der Waals surface area contributed by atoms with Gasteiger partial charge in [-0.2, -0.15) is 0 Å². The Bertz CT molecular complexity index is 807. The molecule has 0 aliphatic rings. The number of nitro benzene ring substituents is 1. The lowest BCUT2D eigenvalue weighted by Crippen LogP contribution is -2.37. The van der Waals surface area contributed by atoms with E-state index in [9.17, 15) is 19.7 Å². The minimum Gasteiger partial charge on any atom is -0.449 e. The number of esters is 1. The molecule has 1 amide bonds. The van der Waals surface area contributed by atoms with Gasteiger partial charge in [-0.1, -0.05) is 18.2 Å². The standard InChI is InChI=1S/C17H17N3O5/c1-11(16(21)19(2)12-6-4-3-5-7-12)25-17(22)14-9-8-13(20(23)24)10-15(14)18/h3-11H,18H2,1-2H3. The highest BCUT2D eigenvalue weighted by Crippen LogP contribution is 2.21. The molecule has 0 bridgehead atoms. The van der Waals surface area contributed by atoms with Gasteiger partial charge in [0, 0.05) is 24.9 Å². The first-order chi connectivity index (χ1) is 11.8. The average Bonchev–Trinajstić information content (AvgIpc) is 2.60. The molecular weight excluding hydrogens is 326 g/mol. The van der Waals surface area contributed by atoms with Crippen molar-refractivity contribution in [2.45, 2.75) is 13.0 Å². The quantitative estimate of drug-likeness (QED) is 0.386. The van der Waals surface area contributed by atoms with Gasteiger partial charge in [-0.3, -0.25) is 14.9 Å². The number of nitrogens with zero attached hydrogens (tertiary/aromatic N) is 2. The Hall–Kier alpha value is -3.42. The highest BCUT2D eigenvalue weighted by Gasteiger charge is 2.24. The van der Waals surface area contributed by atoms with Crippen molar-refractivity contribution in [1.82, 2.24) is 0 Å². The first-order valence-corrected chi connectivity index (χ1v) is 7.38. The van der Waals surface area contributed by atoms with Gasteiger partial charge in [0.25, 0.3) is 11.6 Å². The van der Waals surface area contributed by atoms with E-state index in [2.05, 4.69) is 0 Å². The van der Waals surface area contributed by atoms with Crippen LogP contribution in [0.15, 0.2) is 48.5 Å². The highest BCUT2D eigenvalue weighted by molar-refractivity contribution is 6.00. The van der Waals surface area contributed by atoms with E-state index in [1.165, 1.54) is 17.9 Å². The summed E-state index contributed by atoms with van der Waals surface area (Å²) in [5.74, 6) is -1.24. The SMILES string of the molecule is CC(OC(=O)c1ccc([N+](=O)[O-])cc1N)C(=O)N(C)c1ccccc1. The van der Waals surface area contributed by atoms with Gasteiger partial charge in [0.05, 0.1) is 16.2 Å². The van der Waals surface area contributed by atoms with Crippen LogP contribution in [0.25, 0.3) is 0 Å². The lowest BCUT2D eigenvalue weighted by atomic mass is 10.1. The van der Waals surface area contributed by atoms with Crippen molar-refractivity contribution in [2.24, 2.45) is 0 Å². The topological polar surface area (TPSA) is 116 Å². The number of nitrogens with two attached hydrogens (primary N) is 1. The largest absolute Gasteiger partial charge is 0.449 e. The number of para-hydroxylation sites is 1. The zero-order valence-electron chi connectivity index (χ0n) is 13.7. The Morgan fingerprint density at radius 3 is 2.40 bits per heavy atom. The number of anilines is 2. The maximum absolute atomic E-state index is 12.4. The monoisotopic (exact) mass is 343 g/mol. The number of non-ortho nitro benzene ring substituents is 1. The van der Waals surface area contributed by atoms with Crippen LogP contribution in [-0.2, 0) is 9.53 Å². The van der Waals surface area contributed by atoms with Crippen LogP contribution < -0.4 is 10.6 Å². The third kappa shape index (κ3) is 4.11. The summed E-state index contributed by atoms with van der Waals surface area (Å²) in [7, 11) is 1.57. The summed E-state index contributed by atoms with van der Waals surface area (Å²) in [4.78, 5) is 36.0. The molecule has 0 saturated heterocycles. The van der Waals surface area contributed by atoms with Crippen molar-refractivity contribution in [3.05, 3.63) is 64.2 Å². The number of carbonyl (C=O) groups excluding carboxylic acids is 2. The molecule has 2 aromatic rings. The summed E-state index contributed by atoms with van der Waals surface area (Å²) < 4.78 is 5.14. The van der Waals surface area contributed by atoms with Crippen LogP contribution in [0.3, 0.4) is 0 Å². The fourth-order valence-electron chi connectivity index (χ4n) is 2.18. The molecule has 0 fully saturated rings. The van der Waals surface area contributed by atoms with Gasteiger partial charge in [0.2, 0.25) is 0 Å². The predicted molar refractivity (Wildman–Crippen MR) is 92.2 cm³/mol. The Morgan fingerprint density at radius 1 is 1.20 bits per heavy atom. The molecule has 1 atom stereocenters. The van der Waals surface area contributed by atoms with Gasteiger partial charge in [0.1, 0.15) is 0 Å². The summed E-state index contributed by atoms with van der Waals surface area (Å²) in [5.41, 5.74) is 5.96. The van der Waals surface area contributed by atoms with E-state index in [1.807, 2.05) is 6.07 Å². The van der Waals surface area contributed by atoms with Crippen molar-refractivity contribution in [2.75, 3.05) is 17.7 Å². The summed E-state index contributed by atoms with van der Waals surface area (Å²) in [5, 5.41) is 10.7.